The number of fused-ring (bicyclic) bond motifs is 1. The molecule has 2 aromatic rings. The van der Waals surface area contributed by atoms with Crippen molar-refractivity contribution >= 4 is 16.9 Å². The predicted octanol–water partition coefficient (Wildman–Crippen LogP) is 3.74. The fourth-order valence-corrected chi connectivity index (χ4v) is 6.08. The van der Waals surface area contributed by atoms with E-state index >= 15 is 0 Å². The lowest BCUT2D eigenvalue weighted by Crippen LogP contribution is -2.51. The average molecular weight is 337 g/mol. The Hall–Kier alpha value is -2.10. The van der Waals surface area contributed by atoms with Crippen LogP contribution in [0.1, 0.15) is 49.1 Å². The number of carbonyl (C=O) groups excluding carboxylic acids is 1. The van der Waals surface area contributed by atoms with E-state index in [1.165, 1.54) is 44.6 Å². The lowest BCUT2D eigenvalue weighted by molar-refractivity contribution is -0.0504. The van der Waals surface area contributed by atoms with E-state index in [1.807, 2.05) is 6.07 Å². The van der Waals surface area contributed by atoms with Gasteiger partial charge >= 0.3 is 0 Å². The number of benzene rings is 1. The third kappa shape index (κ3) is 2.59. The van der Waals surface area contributed by atoms with Crippen LogP contribution in [0.4, 0.5) is 0 Å². The number of hydrogen-bond donors (Lipinski definition) is 1. The van der Waals surface area contributed by atoms with Crippen LogP contribution in [0.15, 0.2) is 39.5 Å². The Morgan fingerprint density at radius 1 is 1.08 bits per heavy atom. The molecule has 0 atom stereocenters. The first-order valence-corrected chi connectivity index (χ1v) is 9.41. The van der Waals surface area contributed by atoms with Crippen molar-refractivity contribution in [3.8, 4) is 0 Å². The van der Waals surface area contributed by atoms with Crippen LogP contribution in [-0.4, -0.2) is 12.5 Å². The van der Waals surface area contributed by atoms with Crippen molar-refractivity contribution in [2.24, 2.45) is 23.2 Å². The lowest BCUT2D eigenvalue weighted by Gasteiger charge is -2.56. The second-order valence-corrected chi connectivity index (χ2v) is 8.57. The third-order valence-electron chi connectivity index (χ3n) is 6.65. The Kier molecular flexibility index (Phi) is 3.31. The molecular weight excluding hydrogens is 314 g/mol. The van der Waals surface area contributed by atoms with E-state index in [0.717, 1.165) is 17.8 Å². The average Bonchev–Trinajstić information content (AvgIpc) is 2.58. The largest absolute Gasteiger partial charge is 0.451 e. The highest BCUT2D eigenvalue weighted by Gasteiger charge is 2.50. The van der Waals surface area contributed by atoms with E-state index in [1.54, 1.807) is 18.2 Å². The molecule has 0 unspecified atom stereocenters. The molecule has 25 heavy (non-hydrogen) atoms. The third-order valence-corrected chi connectivity index (χ3v) is 6.65. The highest BCUT2D eigenvalue weighted by atomic mass is 16.3. The highest BCUT2D eigenvalue weighted by molar-refractivity contribution is 5.93. The number of hydrogen-bond acceptors (Lipinski definition) is 3. The van der Waals surface area contributed by atoms with Gasteiger partial charge in [-0.05, 0) is 73.8 Å². The van der Waals surface area contributed by atoms with Gasteiger partial charge in [0.1, 0.15) is 5.58 Å². The summed E-state index contributed by atoms with van der Waals surface area (Å²) in [4.78, 5) is 24.8. The van der Waals surface area contributed by atoms with Crippen molar-refractivity contribution in [1.82, 2.24) is 5.32 Å². The summed E-state index contributed by atoms with van der Waals surface area (Å²) < 4.78 is 5.66. The van der Waals surface area contributed by atoms with Crippen LogP contribution in [-0.2, 0) is 0 Å². The molecule has 4 heteroatoms. The van der Waals surface area contributed by atoms with Gasteiger partial charge in [-0.2, -0.15) is 0 Å². The van der Waals surface area contributed by atoms with E-state index < -0.39 is 0 Å². The van der Waals surface area contributed by atoms with E-state index in [4.69, 9.17) is 4.42 Å². The number of rotatable bonds is 3. The number of para-hydroxylation sites is 1. The summed E-state index contributed by atoms with van der Waals surface area (Å²) in [6, 6.07) is 8.37. The Morgan fingerprint density at radius 3 is 2.40 bits per heavy atom. The van der Waals surface area contributed by atoms with Crippen molar-refractivity contribution in [3.05, 3.63) is 46.3 Å². The van der Waals surface area contributed by atoms with Crippen molar-refractivity contribution in [3.63, 3.8) is 0 Å². The standard InChI is InChI=1S/C21H23NO3/c23-17-8-19(25-18-4-2-1-3-16(17)18)20(24)22-12-21-9-13-5-14(10-21)7-15(6-13)11-21/h1-4,8,13-15H,5-7,9-12H2,(H,22,24). The van der Waals surface area contributed by atoms with Gasteiger partial charge in [-0.25, -0.2) is 0 Å². The molecule has 4 nitrogen and oxygen atoms in total. The molecule has 1 amide bonds. The molecule has 1 aromatic carbocycles. The molecule has 4 fully saturated rings. The zero-order valence-electron chi connectivity index (χ0n) is 14.3. The van der Waals surface area contributed by atoms with Crippen LogP contribution in [0.5, 0.6) is 0 Å². The number of nitrogens with one attached hydrogen (secondary N) is 1. The summed E-state index contributed by atoms with van der Waals surface area (Å²) in [5.41, 5.74) is 0.582. The van der Waals surface area contributed by atoms with Gasteiger partial charge in [0.15, 0.2) is 11.2 Å². The maximum atomic E-state index is 12.6. The monoisotopic (exact) mass is 337 g/mol. The number of carbonyl (C=O) groups is 1. The second kappa shape index (κ2) is 5.45. The Labute approximate surface area is 146 Å². The first kappa shape index (κ1) is 15.2. The van der Waals surface area contributed by atoms with Gasteiger partial charge in [-0.1, -0.05) is 12.1 Å². The van der Waals surface area contributed by atoms with Gasteiger partial charge in [0, 0.05) is 12.6 Å². The fraction of sp³-hybridized carbons (Fsp3) is 0.524. The molecule has 0 saturated heterocycles. The molecule has 0 aliphatic heterocycles. The Morgan fingerprint density at radius 2 is 1.72 bits per heavy atom. The molecule has 4 aliphatic carbocycles. The summed E-state index contributed by atoms with van der Waals surface area (Å²) in [5, 5.41) is 3.59. The topological polar surface area (TPSA) is 59.3 Å². The number of amides is 1. The summed E-state index contributed by atoms with van der Waals surface area (Å²) >= 11 is 0. The van der Waals surface area contributed by atoms with Crippen LogP contribution in [0.25, 0.3) is 11.0 Å². The highest BCUT2D eigenvalue weighted by Crippen LogP contribution is 2.59. The first-order valence-electron chi connectivity index (χ1n) is 9.41. The first-order chi connectivity index (χ1) is 12.1. The maximum Gasteiger partial charge on any atom is 0.287 e. The molecule has 0 radical (unpaired) electrons. The minimum Gasteiger partial charge on any atom is -0.451 e. The van der Waals surface area contributed by atoms with E-state index in [2.05, 4.69) is 5.32 Å². The zero-order valence-corrected chi connectivity index (χ0v) is 14.3. The molecule has 1 aromatic heterocycles. The Balaban J connectivity index is 1.35. The quantitative estimate of drug-likeness (QED) is 0.928. The van der Waals surface area contributed by atoms with Gasteiger partial charge in [0.2, 0.25) is 0 Å². The van der Waals surface area contributed by atoms with Gasteiger partial charge in [0.25, 0.3) is 5.91 Å². The van der Waals surface area contributed by atoms with E-state index in [9.17, 15) is 9.59 Å². The molecule has 4 aliphatic rings. The normalized spacial score (nSPS) is 32.9. The van der Waals surface area contributed by atoms with Gasteiger partial charge in [-0.3, -0.25) is 9.59 Å². The molecule has 6 rings (SSSR count). The molecule has 1 heterocycles. The van der Waals surface area contributed by atoms with Gasteiger partial charge in [0.05, 0.1) is 5.39 Å². The SMILES string of the molecule is O=C(NCC12CC3CC(CC(C3)C1)C2)c1cc(=O)c2ccccc2o1. The van der Waals surface area contributed by atoms with Gasteiger partial charge < -0.3 is 9.73 Å². The minimum absolute atomic E-state index is 0.119. The predicted molar refractivity (Wildman–Crippen MR) is 95.4 cm³/mol. The smallest absolute Gasteiger partial charge is 0.287 e. The summed E-state index contributed by atoms with van der Waals surface area (Å²) in [7, 11) is 0. The summed E-state index contributed by atoms with van der Waals surface area (Å²) in [6.07, 6.45) is 7.94. The van der Waals surface area contributed by atoms with Gasteiger partial charge in [-0.15, -0.1) is 0 Å². The van der Waals surface area contributed by atoms with Crippen LogP contribution in [0.2, 0.25) is 0 Å². The molecule has 0 spiro atoms. The lowest BCUT2D eigenvalue weighted by atomic mass is 9.49. The molecule has 4 saturated carbocycles. The van der Waals surface area contributed by atoms with Crippen LogP contribution in [0, 0.1) is 23.2 Å². The van der Waals surface area contributed by atoms with Crippen LogP contribution < -0.4 is 10.7 Å². The van der Waals surface area contributed by atoms with Crippen LogP contribution in [0.3, 0.4) is 0 Å². The van der Waals surface area contributed by atoms with Crippen molar-refractivity contribution in [1.29, 1.82) is 0 Å². The summed E-state index contributed by atoms with van der Waals surface area (Å²) in [5.74, 6) is 2.44. The second-order valence-electron chi connectivity index (χ2n) is 8.57. The van der Waals surface area contributed by atoms with Crippen molar-refractivity contribution in [2.45, 2.75) is 38.5 Å². The summed E-state index contributed by atoms with van der Waals surface area (Å²) in [6.45, 7) is 0.714. The minimum atomic E-state index is -0.265. The Bertz CT molecular complexity index is 862. The fourth-order valence-electron chi connectivity index (χ4n) is 6.08. The molecule has 4 bridgehead atoms. The molecule has 1 N–H and O–H groups in total. The van der Waals surface area contributed by atoms with Crippen LogP contribution >= 0.6 is 0 Å². The zero-order chi connectivity index (χ0) is 17.0. The molecule has 130 valence electrons. The maximum absolute atomic E-state index is 12.6. The van der Waals surface area contributed by atoms with Crippen molar-refractivity contribution in [2.75, 3.05) is 6.54 Å². The van der Waals surface area contributed by atoms with E-state index in [-0.39, 0.29) is 22.5 Å². The van der Waals surface area contributed by atoms with E-state index in [0.29, 0.717) is 17.5 Å². The molecular formula is C21H23NO3. The van der Waals surface area contributed by atoms with Crippen molar-refractivity contribution < 1.29 is 9.21 Å².